The van der Waals surface area contributed by atoms with E-state index < -0.39 is 0 Å². The van der Waals surface area contributed by atoms with E-state index in [4.69, 9.17) is 11.6 Å². The maximum absolute atomic E-state index is 12.3. The molecule has 0 saturated carbocycles. The highest BCUT2D eigenvalue weighted by molar-refractivity contribution is 8.00. The second-order valence-electron chi connectivity index (χ2n) is 5.54. The van der Waals surface area contributed by atoms with Gasteiger partial charge in [0, 0.05) is 27.4 Å². The van der Waals surface area contributed by atoms with Crippen LogP contribution in [-0.4, -0.2) is 22.6 Å². The summed E-state index contributed by atoms with van der Waals surface area (Å²) in [5.41, 5.74) is 1.13. The van der Waals surface area contributed by atoms with Crippen molar-refractivity contribution in [3.63, 3.8) is 0 Å². The van der Waals surface area contributed by atoms with Crippen LogP contribution in [0.4, 0.5) is 11.5 Å². The fourth-order valence-electron chi connectivity index (χ4n) is 2.26. The first-order valence-corrected chi connectivity index (χ1v) is 9.47. The van der Waals surface area contributed by atoms with Gasteiger partial charge in [0.1, 0.15) is 5.82 Å². The van der Waals surface area contributed by atoms with E-state index in [1.165, 1.54) is 11.8 Å². The van der Waals surface area contributed by atoms with Gasteiger partial charge < -0.3 is 10.6 Å². The van der Waals surface area contributed by atoms with E-state index in [1.807, 2.05) is 24.3 Å². The molecule has 0 aliphatic heterocycles. The molecular formula is C20H16ClN3O2S. The zero-order valence-corrected chi connectivity index (χ0v) is 15.8. The largest absolute Gasteiger partial charge is 0.322 e. The minimum absolute atomic E-state index is 0.146. The molecule has 3 aromatic rings. The lowest BCUT2D eigenvalue weighted by Gasteiger charge is -2.08. The average molecular weight is 398 g/mol. The smallest absolute Gasteiger partial charge is 0.255 e. The van der Waals surface area contributed by atoms with Gasteiger partial charge in [-0.05, 0) is 48.5 Å². The van der Waals surface area contributed by atoms with Crippen LogP contribution in [0.1, 0.15) is 10.4 Å². The van der Waals surface area contributed by atoms with Crippen LogP contribution in [0.15, 0.2) is 77.8 Å². The fraction of sp³-hybridized carbons (Fsp3) is 0.0500. The Morgan fingerprint density at radius 1 is 0.963 bits per heavy atom. The Morgan fingerprint density at radius 2 is 1.81 bits per heavy atom. The topological polar surface area (TPSA) is 71.1 Å². The summed E-state index contributed by atoms with van der Waals surface area (Å²) >= 11 is 7.30. The van der Waals surface area contributed by atoms with Crippen LogP contribution in [0.5, 0.6) is 0 Å². The predicted molar refractivity (Wildman–Crippen MR) is 109 cm³/mol. The van der Waals surface area contributed by atoms with Crippen molar-refractivity contribution in [1.29, 1.82) is 0 Å². The van der Waals surface area contributed by atoms with E-state index in [2.05, 4.69) is 15.6 Å². The molecule has 0 bridgehead atoms. The fourth-order valence-corrected chi connectivity index (χ4v) is 3.21. The molecule has 0 radical (unpaired) electrons. The molecule has 27 heavy (non-hydrogen) atoms. The van der Waals surface area contributed by atoms with Crippen molar-refractivity contribution in [2.75, 3.05) is 16.4 Å². The van der Waals surface area contributed by atoms with Gasteiger partial charge in [-0.2, -0.15) is 0 Å². The Bertz CT molecular complexity index is 951. The molecule has 3 rings (SSSR count). The number of nitrogens with zero attached hydrogens (tertiary/aromatic N) is 1. The van der Waals surface area contributed by atoms with Crippen LogP contribution in [-0.2, 0) is 4.79 Å². The summed E-state index contributed by atoms with van der Waals surface area (Å²) in [7, 11) is 0. The summed E-state index contributed by atoms with van der Waals surface area (Å²) < 4.78 is 0. The Hall–Kier alpha value is -2.83. The minimum atomic E-state index is -0.243. The van der Waals surface area contributed by atoms with E-state index in [-0.39, 0.29) is 17.6 Å². The predicted octanol–water partition coefficient (Wildman–Crippen LogP) is 4.72. The number of hydrogen-bond acceptors (Lipinski definition) is 4. The third-order valence-electron chi connectivity index (χ3n) is 3.48. The second-order valence-corrected chi connectivity index (χ2v) is 7.03. The number of hydrogen-bond donors (Lipinski definition) is 2. The van der Waals surface area contributed by atoms with Gasteiger partial charge in [0.2, 0.25) is 5.91 Å². The van der Waals surface area contributed by atoms with Crippen LogP contribution < -0.4 is 10.6 Å². The van der Waals surface area contributed by atoms with E-state index in [9.17, 15) is 9.59 Å². The quantitative estimate of drug-likeness (QED) is 0.590. The Labute approximate surface area is 166 Å². The number of thioether (sulfide) groups is 1. The van der Waals surface area contributed by atoms with Crippen LogP contribution in [0.2, 0.25) is 5.02 Å². The summed E-state index contributed by atoms with van der Waals surface area (Å²) in [6.45, 7) is 0. The summed E-state index contributed by atoms with van der Waals surface area (Å²) in [5, 5.41) is 6.07. The van der Waals surface area contributed by atoms with Crippen molar-refractivity contribution in [1.82, 2.24) is 4.98 Å². The van der Waals surface area contributed by atoms with Crippen molar-refractivity contribution in [3.05, 3.63) is 83.5 Å². The number of carbonyl (C=O) groups is 2. The molecule has 0 spiro atoms. The first-order chi connectivity index (χ1) is 13.1. The molecule has 0 aliphatic carbocycles. The zero-order chi connectivity index (χ0) is 19.1. The van der Waals surface area contributed by atoms with Crippen molar-refractivity contribution < 1.29 is 9.59 Å². The number of benzene rings is 2. The van der Waals surface area contributed by atoms with E-state index in [1.54, 1.807) is 48.7 Å². The molecule has 2 amide bonds. The van der Waals surface area contributed by atoms with E-state index in [0.29, 0.717) is 22.1 Å². The minimum Gasteiger partial charge on any atom is -0.322 e. The molecule has 136 valence electrons. The maximum Gasteiger partial charge on any atom is 0.255 e. The molecule has 7 heteroatoms. The Kier molecular flexibility index (Phi) is 6.46. The number of rotatable bonds is 6. The average Bonchev–Trinajstić information content (AvgIpc) is 2.67. The number of pyridine rings is 1. The van der Waals surface area contributed by atoms with E-state index >= 15 is 0 Å². The van der Waals surface area contributed by atoms with Crippen molar-refractivity contribution in [3.8, 4) is 0 Å². The van der Waals surface area contributed by atoms with Gasteiger partial charge >= 0.3 is 0 Å². The molecule has 0 aliphatic rings. The highest BCUT2D eigenvalue weighted by Crippen LogP contribution is 2.22. The summed E-state index contributed by atoms with van der Waals surface area (Å²) in [5.74, 6) is 0.368. The molecule has 1 heterocycles. The number of carbonyl (C=O) groups excluding carboxylic acids is 2. The Morgan fingerprint density at radius 3 is 2.59 bits per heavy atom. The zero-order valence-electron chi connectivity index (χ0n) is 14.2. The maximum atomic E-state index is 12.3. The van der Waals surface area contributed by atoms with Crippen LogP contribution in [0, 0.1) is 0 Å². The number of halogens is 1. The highest BCUT2D eigenvalue weighted by atomic mass is 35.5. The number of anilines is 2. The van der Waals surface area contributed by atoms with Gasteiger partial charge in [-0.1, -0.05) is 29.8 Å². The molecule has 2 aromatic carbocycles. The van der Waals surface area contributed by atoms with Crippen molar-refractivity contribution in [2.24, 2.45) is 0 Å². The first kappa shape index (κ1) is 18.9. The van der Waals surface area contributed by atoms with Crippen LogP contribution in [0.3, 0.4) is 0 Å². The molecule has 0 unspecified atom stereocenters. The Balaban J connectivity index is 1.57. The summed E-state index contributed by atoms with van der Waals surface area (Å²) in [6, 6.07) is 19.4. The molecule has 2 N–H and O–H groups in total. The molecular weight excluding hydrogens is 382 g/mol. The van der Waals surface area contributed by atoms with Crippen molar-refractivity contribution >= 4 is 46.7 Å². The number of nitrogens with one attached hydrogen (secondary N) is 2. The molecule has 0 atom stereocenters. The van der Waals surface area contributed by atoms with Gasteiger partial charge in [-0.15, -0.1) is 11.8 Å². The first-order valence-electron chi connectivity index (χ1n) is 8.11. The second kappa shape index (κ2) is 9.21. The van der Waals surface area contributed by atoms with Crippen LogP contribution in [0.25, 0.3) is 0 Å². The lowest BCUT2D eigenvalue weighted by atomic mass is 10.2. The standard InChI is InChI=1S/C20H16ClN3O2S/c21-15-6-3-5-14(11-15)20(26)23-16-7-4-8-17(12-16)27-13-19(25)24-18-9-1-2-10-22-18/h1-12H,13H2,(H,23,26)(H,22,24,25). The normalized spacial score (nSPS) is 10.3. The van der Waals surface area contributed by atoms with Gasteiger partial charge in [-0.25, -0.2) is 4.98 Å². The molecule has 0 fully saturated rings. The lowest BCUT2D eigenvalue weighted by Crippen LogP contribution is -2.14. The third kappa shape index (κ3) is 5.84. The SMILES string of the molecule is O=C(CSc1cccc(NC(=O)c2cccc(Cl)c2)c1)Nc1ccccn1. The molecule has 5 nitrogen and oxygen atoms in total. The van der Waals surface area contributed by atoms with Gasteiger partial charge in [0.25, 0.3) is 5.91 Å². The highest BCUT2D eigenvalue weighted by Gasteiger charge is 2.08. The summed E-state index contributed by atoms with van der Waals surface area (Å²) in [6.07, 6.45) is 1.62. The number of aromatic nitrogens is 1. The number of amides is 2. The van der Waals surface area contributed by atoms with Gasteiger partial charge in [0.05, 0.1) is 5.75 Å². The lowest BCUT2D eigenvalue weighted by molar-refractivity contribution is -0.113. The van der Waals surface area contributed by atoms with Gasteiger partial charge in [0.15, 0.2) is 0 Å². The molecule has 0 saturated heterocycles. The van der Waals surface area contributed by atoms with E-state index in [0.717, 1.165) is 4.90 Å². The van der Waals surface area contributed by atoms with Crippen LogP contribution >= 0.6 is 23.4 Å². The molecule has 1 aromatic heterocycles. The summed E-state index contributed by atoms with van der Waals surface area (Å²) in [4.78, 5) is 29.2. The van der Waals surface area contributed by atoms with Gasteiger partial charge in [-0.3, -0.25) is 9.59 Å². The monoisotopic (exact) mass is 397 g/mol. The van der Waals surface area contributed by atoms with Crippen molar-refractivity contribution in [2.45, 2.75) is 4.90 Å². The third-order valence-corrected chi connectivity index (χ3v) is 4.71.